The van der Waals surface area contributed by atoms with Crippen LogP contribution < -0.4 is 24.4 Å². The summed E-state index contributed by atoms with van der Waals surface area (Å²) in [5.41, 5.74) is 2.55. The highest BCUT2D eigenvalue weighted by atomic mass is 32.2. The number of anilines is 2. The van der Waals surface area contributed by atoms with Gasteiger partial charge in [-0.15, -0.1) is 0 Å². The van der Waals surface area contributed by atoms with Crippen LogP contribution in [0.3, 0.4) is 0 Å². The number of ether oxygens (including phenoxy) is 2. The van der Waals surface area contributed by atoms with Crippen molar-refractivity contribution in [3.63, 3.8) is 0 Å². The van der Waals surface area contributed by atoms with Gasteiger partial charge in [0.2, 0.25) is 5.82 Å². The summed E-state index contributed by atoms with van der Waals surface area (Å²) >= 11 is 0. The number of rotatable bonds is 16. The molecule has 3 aliphatic heterocycles. The lowest BCUT2D eigenvalue weighted by Crippen LogP contribution is -2.74. The lowest BCUT2D eigenvalue weighted by atomic mass is 9.69. The van der Waals surface area contributed by atoms with Crippen molar-refractivity contribution < 1.29 is 45.9 Å². The summed E-state index contributed by atoms with van der Waals surface area (Å²) in [4.78, 5) is 43.2. The summed E-state index contributed by atoms with van der Waals surface area (Å²) in [7, 11) is -3.42. The minimum absolute atomic E-state index is 0.0281. The first-order valence-electron chi connectivity index (χ1n) is 25.2. The number of hydrogen-bond donors (Lipinski definition) is 4. The van der Waals surface area contributed by atoms with Gasteiger partial charge in [-0.05, 0) is 91.8 Å². The molecule has 1 spiro atoms. The van der Waals surface area contributed by atoms with Gasteiger partial charge in [0.15, 0.2) is 17.4 Å². The van der Waals surface area contributed by atoms with Gasteiger partial charge in [-0.1, -0.05) is 44.2 Å². The van der Waals surface area contributed by atoms with E-state index in [1.54, 1.807) is 25.1 Å². The topological polar surface area (TPSA) is 208 Å². The fourth-order valence-corrected chi connectivity index (χ4v) is 12.4. The van der Waals surface area contributed by atoms with Crippen molar-refractivity contribution in [3.05, 3.63) is 135 Å². The summed E-state index contributed by atoms with van der Waals surface area (Å²) in [6, 6.07) is 19.8. The molecule has 21 heteroatoms. The van der Waals surface area contributed by atoms with E-state index < -0.39 is 54.5 Å². The highest BCUT2D eigenvalue weighted by Crippen LogP contribution is 2.48. The van der Waals surface area contributed by atoms with E-state index in [1.165, 1.54) is 42.5 Å². The van der Waals surface area contributed by atoms with Crippen LogP contribution >= 0.6 is 0 Å². The number of amides is 1. The zero-order chi connectivity index (χ0) is 53.0. The molecule has 1 saturated carbocycles. The number of pyridine rings is 2. The smallest absolute Gasteiger partial charge is 0.312 e. The van der Waals surface area contributed by atoms with Crippen LogP contribution in [0.25, 0.3) is 11.0 Å². The van der Waals surface area contributed by atoms with Gasteiger partial charge < -0.3 is 29.8 Å². The molecule has 6 heterocycles. The number of benzene rings is 3. The van der Waals surface area contributed by atoms with Crippen molar-refractivity contribution in [3.8, 4) is 17.4 Å². The van der Waals surface area contributed by atoms with Crippen molar-refractivity contribution in [2.24, 2.45) is 11.3 Å². The number of carbonyl (C=O) groups excluding carboxylic acids is 1. The summed E-state index contributed by atoms with van der Waals surface area (Å²) in [5.74, 6) is -3.19. The van der Waals surface area contributed by atoms with Gasteiger partial charge in [-0.2, -0.15) is 4.98 Å². The van der Waals surface area contributed by atoms with Gasteiger partial charge in [-0.25, -0.2) is 31.3 Å². The number of halogens is 3. The van der Waals surface area contributed by atoms with Gasteiger partial charge >= 0.3 is 5.69 Å². The molecule has 3 aromatic carbocycles. The van der Waals surface area contributed by atoms with Crippen molar-refractivity contribution in [1.29, 1.82) is 0 Å². The van der Waals surface area contributed by atoms with E-state index in [0.29, 0.717) is 63.5 Å². The molecule has 3 aromatic heterocycles. The second-order valence-electron chi connectivity index (χ2n) is 21.4. The van der Waals surface area contributed by atoms with Gasteiger partial charge in [0.1, 0.15) is 22.1 Å². The first-order chi connectivity index (χ1) is 35.8. The minimum atomic E-state index is -4.77. The molecule has 2 unspecified atom stereocenters. The number of nitro groups is 1. The Morgan fingerprint density at radius 1 is 0.973 bits per heavy atom. The second kappa shape index (κ2) is 20.4. The molecule has 1 amide bonds. The van der Waals surface area contributed by atoms with E-state index in [9.17, 15) is 41.6 Å². The van der Waals surface area contributed by atoms with E-state index in [-0.39, 0.29) is 63.1 Å². The highest BCUT2D eigenvalue weighted by molar-refractivity contribution is 7.90. The molecule has 17 nitrogen and oxygen atoms in total. The number of aromatic nitrogens is 3. The maximum atomic E-state index is 14.9. The number of aliphatic hydroxyl groups is 1. The first kappa shape index (κ1) is 51.7. The molecule has 10 rings (SSSR count). The highest BCUT2D eigenvalue weighted by Gasteiger charge is 2.55. The molecule has 4 fully saturated rings. The van der Waals surface area contributed by atoms with Gasteiger partial charge in [0.05, 0.1) is 34.8 Å². The number of nitrogens with one attached hydrogen (secondary N) is 3. The predicted molar refractivity (Wildman–Crippen MR) is 275 cm³/mol. The Bertz CT molecular complexity index is 3260. The summed E-state index contributed by atoms with van der Waals surface area (Å²) < 4.78 is 84.5. The number of aromatic amines is 1. The molecule has 2 atom stereocenters. The number of fused-ring (bicyclic) bond motifs is 1. The van der Waals surface area contributed by atoms with Crippen molar-refractivity contribution in [2.45, 2.75) is 87.8 Å². The molecular weight excluding hydrogens is 992 g/mol. The Morgan fingerprint density at radius 2 is 1.73 bits per heavy atom. The predicted octanol–water partition coefficient (Wildman–Crippen LogP) is 8.86. The standard InChI is InChI=1S/C54H60F3N9O8S/c1-32(2)37-7-5-6-8-38(37)41-27-63(26-34-9-12-42(55)43(56)19-34)18-15-45(41)65-30-54(31-65)28-64(29-54)35-10-11-39(47(20-35)74-48-22-40-44(57)25-60-49(40)61-52(48)73-4)51(67)62-75(71,72)36-21-46(66(69)70)50(59-24-36)58-23-33-13-16-53(3,68)17-14-33/h5-12,19-22,24-25,32-33,41,45,68H,13-18,23,26-31H2,1-4H3,(H,58,59)(H,60,61)(H,62,67). The number of carbonyl (C=O) groups is 1. The third-order valence-corrected chi connectivity index (χ3v) is 16.8. The number of H-pyrrole nitrogens is 1. The Kier molecular flexibility index (Phi) is 14.0. The Labute approximate surface area is 432 Å². The average Bonchev–Trinajstić information content (AvgIpc) is 3.73. The fraction of sp³-hybridized carbons (Fsp3) is 0.426. The molecule has 1 aliphatic carbocycles. The van der Waals surface area contributed by atoms with E-state index in [1.807, 2.05) is 4.72 Å². The molecule has 4 aliphatic rings. The minimum Gasteiger partial charge on any atom is -0.478 e. The molecule has 6 aromatic rings. The summed E-state index contributed by atoms with van der Waals surface area (Å²) in [6.07, 6.45) is 5.51. The van der Waals surface area contributed by atoms with Crippen molar-refractivity contribution in [2.75, 3.05) is 63.1 Å². The molecule has 396 valence electrons. The SMILES string of the molecule is COc1nc2[nH]cc(F)c2cc1Oc1cc(N2CC3(C2)CN(C2CCN(Cc4ccc(F)c(F)c4)CC2c2ccccc2C(C)C)C3)ccc1C(=O)NS(=O)(=O)c1cnc(NCC2CCC(C)(O)CC2)c([N+](=O)[O-])c1. The normalized spacial score (nSPS) is 21.9. The number of nitrogens with zero attached hydrogens (tertiary/aromatic N) is 6. The van der Waals surface area contributed by atoms with Crippen LogP contribution in [-0.2, 0) is 16.6 Å². The zero-order valence-electron chi connectivity index (χ0n) is 42.1. The maximum absolute atomic E-state index is 14.9. The maximum Gasteiger partial charge on any atom is 0.312 e. The van der Waals surface area contributed by atoms with E-state index in [2.05, 4.69) is 73.1 Å². The van der Waals surface area contributed by atoms with Crippen LogP contribution in [0.5, 0.6) is 17.4 Å². The van der Waals surface area contributed by atoms with E-state index in [0.717, 1.165) is 56.6 Å². The van der Waals surface area contributed by atoms with Crippen LogP contribution in [0.15, 0.2) is 90.1 Å². The molecule has 3 saturated heterocycles. The average molecular weight is 1050 g/mol. The number of likely N-dealkylation sites (tertiary alicyclic amines) is 2. The molecule has 75 heavy (non-hydrogen) atoms. The monoisotopic (exact) mass is 1050 g/mol. The first-order valence-corrected chi connectivity index (χ1v) is 26.7. The van der Waals surface area contributed by atoms with E-state index in [4.69, 9.17) is 9.47 Å². The number of piperidine rings is 1. The largest absolute Gasteiger partial charge is 0.478 e. The number of methoxy groups -OCH3 is 1. The van der Waals surface area contributed by atoms with Crippen molar-refractivity contribution >= 4 is 44.2 Å². The number of sulfonamides is 1. The molecule has 4 N–H and O–H groups in total. The molecule has 0 bridgehead atoms. The quantitative estimate of drug-likeness (QED) is 0.0528. The van der Waals surface area contributed by atoms with Gasteiger partial charge in [0, 0.05) is 99.8 Å². The van der Waals surface area contributed by atoms with Crippen molar-refractivity contribution in [1.82, 2.24) is 29.5 Å². The van der Waals surface area contributed by atoms with Gasteiger partial charge in [-0.3, -0.25) is 24.7 Å². The van der Waals surface area contributed by atoms with Crippen LogP contribution in [-0.4, -0.2) is 114 Å². The summed E-state index contributed by atoms with van der Waals surface area (Å²) in [6.45, 7) is 11.6. The Hall–Kier alpha value is -6.81. The third-order valence-electron chi connectivity index (χ3n) is 15.5. The Morgan fingerprint density at radius 3 is 2.45 bits per heavy atom. The van der Waals surface area contributed by atoms with Crippen LogP contribution in [0, 0.1) is 38.9 Å². The molecular formula is C54H60F3N9O8S. The third kappa shape index (κ3) is 10.7. The zero-order valence-corrected chi connectivity index (χ0v) is 42.9. The summed E-state index contributed by atoms with van der Waals surface area (Å²) in [5, 5.41) is 25.6. The van der Waals surface area contributed by atoms with Gasteiger partial charge in [0.25, 0.3) is 21.8 Å². The number of hydrogen-bond acceptors (Lipinski definition) is 14. The molecule has 0 radical (unpaired) electrons. The Balaban J connectivity index is 0.869. The van der Waals surface area contributed by atoms with Crippen LogP contribution in [0.1, 0.15) is 91.8 Å². The second-order valence-corrected chi connectivity index (χ2v) is 23.0. The van der Waals surface area contributed by atoms with Crippen LogP contribution in [0.2, 0.25) is 0 Å². The van der Waals surface area contributed by atoms with Crippen LogP contribution in [0.4, 0.5) is 30.4 Å². The van der Waals surface area contributed by atoms with E-state index >= 15 is 0 Å². The lowest BCUT2D eigenvalue weighted by Gasteiger charge is -2.64. The lowest BCUT2D eigenvalue weighted by molar-refractivity contribution is -0.384. The fourth-order valence-electron chi connectivity index (χ4n) is 11.5.